The third-order valence-corrected chi connectivity index (χ3v) is 2.83. The maximum Gasteiger partial charge on any atom is 0.319 e. The third-order valence-electron chi connectivity index (χ3n) is 2.83. The van der Waals surface area contributed by atoms with Crippen molar-refractivity contribution in [2.75, 3.05) is 5.32 Å². The molecule has 0 radical (unpaired) electrons. The van der Waals surface area contributed by atoms with Crippen LogP contribution in [-0.4, -0.2) is 29.1 Å². The minimum absolute atomic E-state index is 0.0798. The Hall–Kier alpha value is -2.57. The van der Waals surface area contributed by atoms with Gasteiger partial charge >= 0.3 is 12.0 Å². The molecule has 0 aliphatic heterocycles. The van der Waals surface area contributed by atoms with E-state index in [2.05, 4.69) is 10.6 Å². The molecule has 3 amide bonds. The molecule has 5 N–H and O–H groups in total. The maximum absolute atomic E-state index is 11.8. The van der Waals surface area contributed by atoms with Crippen molar-refractivity contribution in [1.29, 1.82) is 0 Å². The van der Waals surface area contributed by atoms with E-state index in [9.17, 15) is 14.4 Å². The Morgan fingerprint density at radius 2 is 1.76 bits per heavy atom. The third kappa shape index (κ3) is 5.52. The number of benzene rings is 1. The first-order valence-corrected chi connectivity index (χ1v) is 6.47. The van der Waals surface area contributed by atoms with Gasteiger partial charge in [-0.05, 0) is 23.6 Å². The van der Waals surface area contributed by atoms with E-state index in [4.69, 9.17) is 10.8 Å². The average Bonchev–Trinajstić information content (AvgIpc) is 2.37. The zero-order chi connectivity index (χ0) is 16.0. The number of urea groups is 1. The highest BCUT2D eigenvalue weighted by Crippen LogP contribution is 2.10. The van der Waals surface area contributed by atoms with Gasteiger partial charge in [0, 0.05) is 5.69 Å². The quantitative estimate of drug-likeness (QED) is 0.623. The fourth-order valence-corrected chi connectivity index (χ4v) is 1.76. The highest BCUT2D eigenvalue weighted by molar-refractivity contribution is 5.93. The van der Waals surface area contributed by atoms with Crippen LogP contribution in [0.5, 0.6) is 0 Å². The molecular weight excluding hydrogens is 274 g/mol. The topological polar surface area (TPSA) is 122 Å². The Kier molecular flexibility index (Phi) is 5.71. The second-order valence-electron chi connectivity index (χ2n) is 4.99. The Balaban J connectivity index is 2.62. The highest BCUT2D eigenvalue weighted by atomic mass is 16.4. The summed E-state index contributed by atoms with van der Waals surface area (Å²) in [6.45, 7) is 3.55. The van der Waals surface area contributed by atoms with E-state index in [-0.39, 0.29) is 12.3 Å². The number of anilines is 1. The Labute approximate surface area is 122 Å². The molecule has 1 aromatic carbocycles. The number of hydrogen-bond donors (Lipinski definition) is 4. The molecule has 0 spiro atoms. The molecule has 0 saturated heterocycles. The first-order valence-electron chi connectivity index (χ1n) is 6.47. The number of rotatable bonds is 6. The summed E-state index contributed by atoms with van der Waals surface area (Å²) in [5.41, 5.74) is 6.33. The van der Waals surface area contributed by atoms with Gasteiger partial charge in [0.15, 0.2) is 0 Å². The molecule has 7 heteroatoms. The van der Waals surface area contributed by atoms with Gasteiger partial charge < -0.3 is 21.5 Å². The summed E-state index contributed by atoms with van der Waals surface area (Å²) in [6.07, 6.45) is -0.0798. The van der Waals surface area contributed by atoms with E-state index in [1.807, 2.05) is 0 Å². The van der Waals surface area contributed by atoms with Crippen molar-refractivity contribution < 1.29 is 19.5 Å². The summed E-state index contributed by atoms with van der Waals surface area (Å²) in [7, 11) is 0. The number of amides is 3. The SMILES string of the molecule is CC(C)C(NC(=O)Nc1ccc(CC(=O)O)cc1)C(N)=O. The van der Waals surface area contributed by atoms with Gasteiger partial charge in [-0.2, -0.15) is 0 Å². The van der Waals surface area contributed by atoms with Crippen molar-refractivity contribution in [3.63, 3.8) is 0 Å². The number of aliphatic carboxylic acids is 1. The average molecular weight is 293 g/mol. The Morgan fingerprint density at radius 1 is 1.19 bits per heavy atom. The van der Waals surface area contributed by atoms with Gasteiger partial charge in [-0.15, -0.1) is 0 Å². The highest BCUT2D eigenvalue weighted by Gasteiger charge is 2.21. The molecule has 1 atom stereocenters. The summed E-state index contributed by atoms with van der Waals surface area (Å²) in [4.78, 5) is 33.5. The van der Waals surface area contributed by atoms with Gasteiger partial charge in [-0.1, -0.05) is 26.0 Å². The first kappa shape index (κ1) is 16.5. The predicted molar refractivity (Wildman–Crippen MR) is 77.8 cm³/mol. The number of carboxylic acid groups (broad SMARTS) is 1. The lowest BCUT2D eigenvalue weighted by molar-refractivity contribution is -0.136. The Morgan fingerprint density at radius 3 is 2.19 bits per heavy atom. The van der Waals surface area contributed by atoms with Crippen LogP contribution < -0.4 is 16.4 Å². The number of carbonyl (C=O) groups is 3. The zero-order valence-electron chi connectivity index (χ0n) is 11.9. The molecule has 0 bridgehead atoms. The lowest BCUT2D eigenvalue weighted by atomic mass is 10.0. The number of nitrogens with one attached hydrogen (secondary N) is 2. The van der Waals surface area contributed by atoms with Crippen LogP contribution in [0.25, 0.3) is 0 Å². The van der Waals surface area contributed by atoms with Crippen LogP contribution in [0.2, 0.25) is 0 Å². The van der Waals surface area contributed by atoms with E-state index in [1.165, 1.54) is 0 Å². The standard InChI is InChI=1S/C14H19N3O4/c1-8(2)12(13(15)20)17-14(21)16-10-5-3-9(4-6-10)7-11(18)19/h3-6,8,12H,7H2,1-2H3,(H2,15,20)(H,18,19)(H2,16,17,21). The summed E-state index contributed by atoms with van der Waals surface area (Å²) in [5.74, 6) is -1.64. The van der Waals surface area contributed by atoms with Crippen molar-refractivity contribution in [2.24, 2.45) is 11.7 Å². The molecular formula is C14H19N3O4. The number of nitrogens with two attached hydrogens (primary N) is 1. The van der Waals surface area contributed by atoms with Crippen LogP contribution in [-0.2, 0) is 16.0 Å². The fourth-order valence-electron chi connectivity index (χ4n) is 1.76. The van der Waals surface area contributed by atoms with Gasteiger partial charge in [0.25, 0.3) is 0 Å². The predicted octanol–water partition coefficient (Wildman–Crippen LogP) is 0.945. The van der Waals surface area contributed by atoms with Crippen LogP contribution >= 0.6 is 0 Å². The van der Waals surface area contributed by atoms with Crippen LogP contribution in [0.4, 0.5) is 10.5 Å². The van der Waals surface area contributed by atoms with E-state index < -0.39 is 23.9 Å². The minimum Gasteiger partial charge on any atom is -0.481 e. The molecule has 0 fully saturated rings. The molecule has 0 heterocycles. The van der Waals surface area contributed by atoms with Crippen LogP contribution in [0, 0.1) is 5.92 Å². The molecule has 1 aromatic rings. The van der Waals surface area contributed by atoms with Crippen molar-refractivity contribution in [3.8, 4) is 0 Å². The van der Waals surface area contributed by atoms with E-state index in [1.54, 1.807) is 38.1 Å². The monoisotopic (exact) mass is 293 g/mol. The molecule has 0 aromatic heterocycles. The number of hydrogen-bond acceptors (Lipinski definition) is 3. The molecule has 0 saturated carbocycles. The van der Waals surface area contributed by atoms with Crippen molar-refractivity contribution in [2.45, 2.75) is 26.3 Å². The summed E-state index contributed by atoms with van der Waals surface area (Å²) >= 11 is 0. The molecule has 114 valence electrons. The van der Waals surface area contributed by atoms with Crippen molar-refractivity contribution >= 4 is 23.6 Å². The van der Waals surface area contributed by atoms with E-state index in [0.29, 0.717) is 11.3 Å². The van der Waals surface area contributed by atoms with E-state index >= 15 is 0 Å². The Bertz CT molecular complexity index is 526. The van der Waals surface area contributed by atoms with Crippen LogP contribution in [0.3, 0.4) is 0 Å². The lowest BCUT2D eigenvalue weighted by Gasteiger charge is -2.19. The van der Waals surface area contributed by atoms with Gasteiger partial charge in [0.2, 0.25) is 5.91 Å². The molecule has 7 nitrogen and oxygen atoms in total. The second kappa shape index (κ2) is 7.28. The van der Waals surface area contributed by atoms with Crippen molar-refractivity contribution in [1.82, 2.24) is 5.32 Å². The summed E-state index contributed by atoms with van der Waals surface area (Å²) in [6, 6.07) is 5.10. The van der Waals surface area contributed by atoms with Crippen LogP contribution in [0.1, 0.15) is 19.4 Å². The molecule has 1 unspecified atom stereocenters. The van der Waals surface area contributed by atoms with Gasteiger partial charge in [-0.3, -0.25) is 9.59 Å². The summed E-state index contributed by atoms with van der Waals surface area (Å²) in [5, 5.41) is 13.7. The molecule has 1 rings (SSSR count). The van der Waals surface area contributed by atoms with Gasteiger partial charge in [0.1, 0.15) is 6.04 Å². The number of carboxylic acids is 1. The second-order valence-corrected chi connectivity index (χ2v) is 4.99. The van der Waals surface area contributed by atoms with E-state index in [0.717, 1.165) is 0 Å². The molecule has 0 aliphatic carbocycles. The van der Waals surface area contributed by atoms with Crippen molar-refractivity contribution in [3.05, 3.63) is 29.8 Å². The first-order chi connectivity index (χ1) is 9.79. The summed E-state index contributed by atoms with van der Waals surface area (Å²) < 4.78 is 0. The normalized spacial score (nSPS) is 11.8. The smallest absolute Gasteiger partial charge is 0.319 e. The number of primary amides is 1. The van der Waals surface area contributed by atoms with Gasteiger partial charge in [0.05, 0.1) is 6.42 Å². The largest absolute Gasteiger partial charge is 0.481 e. The maximum atomic E-state index is 11.8. The van der Waals surface area contributed by atoms with Gasteiger partial charge in [-0.25, -0.2) is 4.79 Å². The lowest BCUT2D eigenvalue weighted by Crippen LogP contribution is -2.49. The number of carbonyl (C=O) groups excluding carboxylic acids is 2. The molecule has 21 heavy (non-hydrogen) atoms. The van der Waals surface area contributed by atoms with Crippen LogP contribution in [0.15, 0.2) is 24.3 Å². The minimum atomic E-state index is -0.922. The zero-order valence-corrected chi connectivity index (χ0v) is 11.9. The molecule has 0 aliphatic rings. The fraction of sp³-hybridized carbons (Fsp3) is 0.357.